The van der Waals surface area contributed by atoms with Crippen LogP contribution in [0.5, 0.6) is 0 Å². The number of carbonyl (C=O) groups excluding carboxylic acids is 1. The molecule has 20 heavy (non-hydrogen) atoms. The summed E-state index contributed by atoms with van der Waals surface area (Å²) in [5.74, 6) is -1.33. The first kappa shape index (κ1) is 14.8. The number of hydrogen-bond donors (Lipinski definition) is 2. The molecule has 6 heteroatoms. The van der Waals surface area contributed by atoms with Crippen LogP contribution in [0.2, 0.25) is 0 Å². The molecule has 1 aromatic carbocycles. The summed E-state index contributed by atoms with van der Waals surface area (Å²) < 4.78 is 5.89. The second-order valence-electron chi connectivity index (χ2n) is 4.28. The zero-order valence-corrected chi connectivity index (χ0v) is 13.1. The maximum atomic E-state index is 11.4. The minimum Gasteiger partial charge on any atom is -0.477 e. The van der Waals surface area contributed by atoms with Crippen molar-refractivity contribution < 1.29 is 19.4 Å². The van der Waals surface area contributed by atoms with Crippen LogP contribution in [0, 0.1) is 3.57 Å². The molecule has 0 aliphatic rings. The van der Waals surface area contributed by atoms with Crippen LogP contribution >= 0.6 is 22.6 Å². The average Bonchev–Trinajstić information content (AvgIpc) is 2.74. The fourth-order valence-corrected chi connectivity index (χ4v) is 2.62. The van der Waals surface area contributed by atoms with Gasteiger partial charge in [-0.1, -0.05) is 6.07 Å². The number of carbonyl (C=O) groups is 2. The second-order valence-corrected chi connectivity index (χ2v) is 5.52. The Labute approximate surface area is 129 Å². The number of aryl methyl sites for hydroxylation is 1. The molecule has 0 fully saturated rings. The Bertz CT molecular complexity index is 662. The number of halogens is 1. The number of nitrogens with one attached hydrogen (secondary N) is 1. The van der Waals surface area contributed by atoms with Crippen molar-refractivity contribution in [1.29, 1.82) is 0 Å². The summed E-state index contributed by atoms with van der Waals surface area (Å²) in [7, 11) is 0. The number of H-pyrrole nitrogens is 1. The lowest BCUT2D eigenvalue weighted by Crippen LogP contribution is -2.07. The molecule has 106 valence electrons. The molecule has 0 saturated heterocycles. The summed E-state index contributed by atoms with van der Waals surface area (Å²) in [4.78, 5) is 25.6. The minimum absolute atomic E-state index is 0.145. The molecule has 2 N–H and O–H groups in total. The highest BCUT2D eigenvalue weighted by atomic mass is 127. The number of hydrogen-bond acceptors (Lipinski definition) is 3. The Hall–Kier alpha value is -1.57. The summed E-state index contributed by atoms with van der Waals surface area (Å²) in [6, 6.07) is 5.67. The number of rotatable bonds is 5. The first-order valence-electron chi connectivity index (χ1n) is 6.22. The molecule has 2 rings (SSSR count). The number of aromatic amines is 1. The quantitative estimate of drug-likeness (QED) is 0.611. The lowest BCUT2D eigenvalue weighted by molar-refractivity contribution is -0.143. The van der Waals surface area contributed by atoms with Crippen LogP contribution in [0.4, 0.5) is 0 Å². The highest BCUT2D eigenvalue weighted by Crippen LogP contribution is 2.25. The van der Waals surface area contributed by atoms with Crippen LogP contribution in [-0.4, -0.2) is 28.6 Å². The van der Waals surface area contributed by atoms with Crippen LogP contribution in [0.15, 0.2) is 18.2 Å². The number of benzene rings is 1. The predicted octanol–water partition coefficient (Wildman–Crippen LogP) is 2.97. The van der Waals surface area contributed by atoms with E-state index in [1.165, 1.54) is 0 Å². The molecule has 5 nitrogen and oxygen atoms in total. The van der Waals surface area contributed by atoms with Crippen molar-refractivity contribution >= 4 is 45.4 Å². The van der Waals surface area contributed by atoms with Crippen molar-refractivity contribution in [3.8, 4) is 0 Å². The molecule has 2 aromatic rings. The molecule has 1 aromatic heterocycles. The molecular formula is C14H14INO4. The molecule has 0 spiro atoms. The lowest BCUT2D eigenvalue weighted by atomic mass is 10.1. The van der Waals surface area contributed by atoms with Crippen molar-refractivity contribution in [3.63, 3.8) is 0 Å². The Morgan fingerprint density at radius 2 is 2.15 bits per heavy atom. The van der Waals surface area contributed by atoms with E-state index < -0.39 is 5.97 Å². The predicted molar refractivity (Wildman–Crippen MR) is 82.9 cm³/mol. The average molecular weight is 387 g/mol. The third-order valence-electron chi connectivity index (χ3n) is 2.97. The zero-order chi connectivity index (χ0) is 14.7. The number of carboxylic acid groups (broad SMARTS) is 1. The topological polar surface area (TPSA) is 79.4 Å². The van der Waals surface area contributed by atoms with Gasteiger partial charge in [0, 0.05) is 20.9 Å². The Kier molecular flexibility index (Phi) is 4.64. The van der Waals surface area contributed by atoms with E-state index in [4.69, 9.17) is 4.74 Å². The summed E-state index contributed by atoms with van der Waals surface area (Å²) in [5, 5.41) is 10.1. The second kappa shape index (κ2) is 6.25. The van der Waals surface area contributed by atoms with E-state index in [0.717, 1.165) is 14.5 Å². The van der Waals surface area contributed by atoms with Gasteiger partial charge in [0.25, 0.3) is 0 Å². The van der Waals surface area contributed by atoms with Crippen LogP contribution in [0.1, 0.15) is 29.4 Å². The van der Waals surface area contributed by atoms with Gasteiger partial charge in [0.05, 0.1) is 6.61 Å². The minimum atomic E-state index is -1.02. The fraction of sp³-hybridized carbons (Fsp3) is 0.286. The van der Waals surface area contributed by atoms with E-state index in [0.29, 0.717) is 18.6 Å². The Morgan fingerprint density at radius 3 is 2.80 bits per heavy atom. The van der Waals surface area contributed by atoms with Gasteiger partial charge in [-0.05, 0) is 53.6 Å². The summed E-state index contributed by atoms with van der Waals surface area (Å²) in [5.41, 5.74) is 1.57. The standard InChI is InChI=1S/C14H14INO4/c1-2-20-12(17)6-5-10-9-4-3-8(15)7-11(9)16-13(10)14(18)19/h3-4,7,16H,2,5-6H2,1H3,(H,18,19). The highest BCUT2D eigenvalue weighted by Gasteiger charge is 2.18. The molecule has 0 aliphatic heterocycles. The maximum absolute atomic E-state index is 11.4. The van der Waals surface area contributed by atoms with Crippen molar-refractivity contribution in [1.82, 2.24) is 4.98 Å². The van der Waals surface area contributed by atoms with E-state index >= 15 is 0 Å². The maximum Gasteiger partial charge on any atom is 0.352 e. The number of ether oxygens (including phenoxy) is 1. The first-order chi connectivity index (χ1) is 9.52. The van der Waals surface area contributed by atoms with Gasteiger partial charge in [-0.3, -0.25) is 4.79 Å². The molecular weight excluding hydrogens is 373 g/mol. The molecule has 0 bridgehead atoms. The van der Waals surface area contributed by atoms with Crippen LogP contribution in [0.25, 0.3) is 10.9 Å². The van der Waals surface area contributed by atoms with Gasteiger partial charge in [-0.2, -0.15) is 0 Å². The van der Waals surface area contributed by atoms with Gasteiger partial charge < -0.3 is 14.8 Å². The Balaban J connectivity index is 2.36. The van der Waals surface area contributed by atoms with E-state index in [1.54, 1.807) is 6.92 Å². The van der Waals surface area contributed by atoms with Crippen LogP contribution in [-0.2, 0) is 16.0 Å². The zero-order valence-electron chi connectivity index (χ0n) is 10.9. The number of carboxylic acids is 1. The van der Waals surface area contributed by atoms with E-state index in [-0.39, 0.29) is 18.1 Å². The number of aromatic nitrogens is 1. The first-order valence-corrected chi connectivity index (χ1v) is 7.29. The van der Waals surface area contributed by atoms with Crippen molar-refractivity contribution in [2.45, 2.75) is 19.8 Å². The molecule has 0 aliphatic carbocycles. The highest BCUT2D eigenvalue weighted by molar-refractivity contribution is 14.1. The number of esters is 1. The number of aromatic carboxylic acids is 1. The molecule has 0 radical (unpaired) electrons. The monoisotopic (exact) mass is 387 g/mol. The summed E-state index contributed by atoms with van der Waals surface area (Å²) >= 11 is 2.17. The van der Waals surface area contributed by atoms with E-state index in [9.17, 15) is 14.7 Å². The van der Waals surface area contributed by atoms with Crippen LogP contribution < -0.4 is 0 Å². The Morgan fingerprint density at radius 1 is 1.40 bits per heavy atom. The molecule has 0 saturated carbocycles. The smallest absolute Gasteiger partial charge is 0.352 e. The van der Waals surface area contributed by atoms with Gasteiger partial charge in [0.2, 0.25) is 0 Å². The van der Waals surface area contributed by atoms with Crippen molar-refractivity contribution in [2.75, 3.05) is 6.61 Å². The summed E-state index contributed by atoms with van der Waals surface area (Å²) in [6.45, 7) is 2.07. The van der Waals surface area contributed by atoms with Crippen LogP contribution in [0.3, 0.4) is 0 Å². The number of fused-ring (bicyclic) bond motifs is 1. The normalized spacial score (nSPS) is 10.7. The molecule has 1 heterocycles. The third kappa shape index (κ3) is 3.12. The molecule has 0 unspecified atom stereocenters. The van der Waals surface area contributed by atoms with Gasteiger partial charge in [0.1, 0.15) is 5.69 Å². The van der Waals surface area contributed by atoms with Gasteiger partial charge in [-0.25, -0.2) is 4.79 Å². The van der Waals surface area contributed by atoms with E-state index in [1.807, 2.05) is 18.2 Å². The molecule has 0 amide bonds. The van der Waals surface area contributed by atoms with Crippen molar-refractivity contribution in [2.24, 2.45) is 0 Å². The van der Waals surface area contributed by atoms with E-state index in [2.05, 4.69) is 27.6 Å². The third-order valence-corrected chi connectivity index (χ3v) is 3.64. The fourth-order valence-electron chi connectivity index (χ4n) is 2.13. The SMILES string of the molecule is CCOC(=O)CCc1c(C(=O)O)[nH]c2cc(I)ccc12. The largest absolute Gasteiger partial charge is 0.477 e. The summed E-state index contributed by atoms with van der Waals surface area (Å²) in [6.07, 6.45) is 0.522. The van der Waals surface area contributed by atoms with Gasteiger partial charge >= 0.3 is 11.9 Å². The van der Waals surface area contributed by atoms with Gasteiger partial charge in [0.15, 0.2) is 0 Å². The lowest BCUT2D eigenvalue weighted by Gasteiger charge is -2.03. The molecule has 0 atom stereocenters. The van der Waals surface area contributed by atoms with Gasteiger partial charge in [-0.15, -0.1) is 0 Å². The van der Waals surface area contributed by atoms with Crippen molar-refractivity contribution in [3.05, 3.63) is 33.0 Å².